The lowest BCUT2D eigenvalue weighted by Crippen LogP contribution is -2.21. The summed E-state index contributed by atoms with van der Waals surface area (Å²) in [5.74, 6) is -4.13. The number of nitrogens with two attached hydrogens (primary N) is 1. The van der Waals surface area contributed by atoms with Crippen molar-refractivity contribution in [2.45, 2.75) is 25.9 Å². The van der Waals surface area contributed by atoms with E-state index in [9.17, 15) is 13.2 Å². The van der Waals surface area contributed by atoms with Crippen LogP contribution in [0.2, 0.25) is 5.02 Å². The summed E-state index contributed by atoms with van der Waals surface area (Å²) in [7, 11) is 0. The van der Waals surface area contributed by atoms with Gasteiger partial charge in [0.15, 0.2) is 17.5 Å². The van der Waals surface area contributed by atoms with E-state index in [0.29, 0.717) is 5.69 Å². The number of hydrogen-bond acceptors (Lipinski definition) is 2. The van der Waals surface area contributed by atoms with E-state index in [2.05, 4.69) is 5.10 Å². The van der Waals surface area contributed by atoms with Gasteiger partial charge in [-0.25, -0.2) is 13.2 Å². The van der Waals surface area contributed by atoms with Gasteiger partial charge in [0.1, 0.15) is 0 Å². The normalized spacial score (nSPS) is 13.0. The number of nitrogens with zero attached hydrogens (tertiary/aromatic N) is 2. The second-order valence-electron chi connectivity index (χ2n) is 4.66. The maximum Gasteiger partial charge on any atom is 0.194 e. The first-order chi connectivity index (χ1) is 9.34. The predicted molar refractivity (Wildman–Crippen MR) is 70.0 cm³/mol. The Bertz CT molecular complexity index is 640. The van der Waals surface area contributed by atoms with Crippen molar-refractivity contribution < 1.29 is 13.2 Å². The highest BCUT2D eigenvalue weighted by Gasteiger charge is 2.25. The summed E-state index contributed by atoms with van der Waals surface area (Å²) in [5, 5.41) is 4.29. The fourth-order valence-corrected chi connectivity index (χ4v) is 2.23. The van der Waals surface area contributed by atoms with Crippen molar-refractivity contribution in [3.05, 3.63) is 52.1 Å². The quantitative estimate of drug-likeness (QED) is 0.881. The minimum Gasteiger partial charge on any atom is -0.319 e. The standard InChI is InChI=1S/C13H13ClF3N3/c1-6(2)20-13(8(14)5-19-20)12(18)7-3-4-9(15)11(17)10(7)16/h3-6,12H,18H2,1-2H3. The Morgan fingerprint density at radius 3 is 2.45 bits per heavy atom. The molecule has 1 aromatic heterocycles. The second-order valence-corrected chi connectivity index (χ2v) is 5.07. The average molecular weight is 304 g/mol. The van der Waals surface area contributed by atoms with Gasteiger partial charge in [-0.1, -0.05) is 17.7 Å². The van der Waals surface area contributed by atoms with E-state index < -0.39 is 23.5 Å². The SMILES string of the molecule is CC(C)n1ncc(Cl)c1C(N)c1ccc(F)c(F)c1F. The van der Waals surface area contributed by atoms with Gasteiger partial charge in [-0.15, -0.1) is 0 Å². The molecule has 0 aliphatic carbocycles. The molecule has 7 heteroatoms. The third kappa shape index (κ3) is 2.41. The van der Waals surface area contributed by atoms with Crippen molar-refractivity contribution in [2.24, 2.45) is 5.73 Å². The molecule has 1 heterocycles. The summed E-state index contributed by atoms with van der Waals surface area (Å²) in [6.45, 7) is 3.70. The summed E-state index contributed by atoms with van der Waals surface area (Å²) < 4.78 is 41.6. The van der Waals surface area contributed by atoms with Crippen LogP contribution in [0.15, 0.2) is 18.3 Å². The van der Waals surface area contributed by atoms with Gasteiger partial charge in [0, 0.05) is 11.6 Å². The molecule has 1 aromatic carbocycles. The Labute approximate surface area is 119 Å². The van der Waals surface area contributed by atoms with Gasteiger partial charge < -0.3 is 5.73 Å². The molecule has 0 saturated carbocycles. The maximum absolute atomic E-state index is 13.8. The third-order valence-corrected chi connectivity index (χ3v) is 3.26. The van der Waals surface area contributed by atoms with Crippen molar-refractivity contribution in [3.63, 3.8) is 0 Å². The fraction of sp³-hybridized carbons (Fsp3) is 0.308. The monoisotopic (exact) mass is 303 g/mol. The highest BCUT2D eigenvalue weighted by Crippen LogP contribution is 2.30. The molecule has 0 radical (unpaired) electrons. The Balaban J connectivity index is 2.55. The summed E-state index contributed by atoms with van der Waals surface area (Å²) >= 11 is 6.00. The summed E-state index contributed by atoms with van der Waals surface area (Å²) in [5.41, 5.74) is 6.13. The van der Waals surface area contributed by atoms with E-state index in [1.54, 1.807) is 0 Å². The van der Waals surface area contributed by atoms with Gasteiger partial charge in [0.25, 0.3) is 0 Å². The highest BCUT2D eigenvalue weighted by molar-refractivity contribution is 6.31. The van der Waals surface area contributed by atoms with Gasteiger partial charge in [-0.05, 0) is 19.9 Å². The van der Waals surface area contributed by atoms with E-state index in [4.69, 9.17) is 17.3 Å². The van der Waals surface area contributed by atoms with Crippen LogP contribution < -0.4 is 5.73 Å². The Kier molecular flexibility index (Phi) is 4.06. The molecule has 2 aromatic rings. The van der Waals surface area contributed by atoms with Crippen molar-refractivity contribution in [1.82, 2.24) is 9.78 Å². The van der Waals surface area contributed by atoms with Gasteiger partial charge in [0.05, 0.1) is 23.0 Å². The Morgan fingerprint density at radius 2 is 1.85 bits per heavy atom. The van der Waals surface area contributed by atoms with Crippen LogP contribution in [0.1, 0.15) is 37.2 Å². The molecule has 3 nitrogen and oxygen atoms in total. The van der Waals surface area contributed by atoms with Gasteiger partial charge >= 0.3 is 0 Å². The zero-order valence-electron chi connectivity index (χ0n) is 10.9. The van der Waals surface area contributed by atoms with E-state index in [1.165, 1.54) is 10.9 Å². The second kappa shape index (κ2) is 5.46. The topological polar surface area (TPSA) is 43.8 Å². The van der Waals surface area contributed by atoms with E-state index in [-0.39, 0.29) is 16.6 Å². The van der Waals surface area contributed by atoms with Gasteiger partial charge in [0.2, 0.25) is 0 Å². The van der Waals surface area contributed by atoms with Crippen molar-refractivity contribution in [1.29, 1.82) is 0 Å². The molecule has 2 N–H and O–H groups in total. The molecule has 2 rings (SSSR count). The lowest BCUT2D eigenvalue weighted by atomic mass is 10.0. The van der Waals surface area contributed by atoms with Crippen LogP contribution >= 0.6 is 11.6 Å². The third-order valence-electron chi connectivity index (χ3n) is 2.97. The van der Waals surface area contributed by atoms with Crippen LogP contribution in [0, 0.1) is 17.5 Å². The minimum atomic E-state index is -1.55. The van der Waals surface area contributed by atoms with Crippen molar-refractivity contribution in [3.8, 4) is 0 Å². The first-order valence-corrected chi connectivity index (χ1v) is 6.34. The van der Waals surface area contributed by atoms with Crippen LogP contribution in [0.5, 0.6) is 0 Å². The molecule has 0 aliphatic rings. The Hall–Kier alpha value is -1.53. The molecule has 1 atom stereocenters. The van der Waals surface area contributed by atoms with E-state index >= 15 is 0 Å². The molecule has 0 aliphatic heterocycles. The molecule has 0 bridgehead atoms. The summed E-state index contributed by atoms with van der Waals surface area (Å²) in [6.07, 6.45) is 1.38. The smallest absolute Gasteiger partial charge is 0.194 e. The summed E-state index contributed by atoms with van der Waals surface area (Å²) in [4.78, 5) is 0. The molecule has 0 spiro atoms. The number of rotatable bonds is 3. The predicted octanol–water partition coefficient (Wildman–Crippen LogP) is 3.58. The first-order valence-electron chi connectivity index (χ1n) is 5.96. The van der Waals surface area contributed by atoms with Crippen molar-refractivity contribution in [2.75, 3.05) is 0 Å². The molecule has 1 unspecified atom stereocenters. The van der Waals surface area contributed by atoms with Crippen molar-refractivity contribution >= 4 is 11.6 Å². The van der Waals surface area contributed by atoms with Crippen LogP contribution in [0.3, 0.4) is 0 Å². The van der Waals surface area contributed by atoms with E-state index in [1.807, 2.05) is 13.8 Å². The Morgan fingerprint density at radius 1 is 1.20 bits per heavy atom. The molecule has 0 amide bonds. The summed E-state index contributed by atoms with van der Waals surface area (Å²) in [6, 6.07) is 0.837. The van der Waals surface area contributed by atoms with Crippen LogP contribution in [0.4, 0.5) is 13.2 Å². The number of benzene rings is 1. The highest BCUT2D eigenvalue weighted by atomic mass is 35.5. The zero-order valence-corrected chi connectivity index (χ0v) is 11.6. The lowest BCUT2D eigenvalue weighted by Gasteiger charge is -2.18. The zero-order chi connectivity index (χ0) is 15.0. The first kappa shape index (κ1) is 14.9. The van der Waals surface area contributed by atoms with Crippen LogP contribution in [-0.2, 0) is 0 Å². The number of halogens is 4. The largest absolute Gasteiger partial charge is 0.319 e. The van der Waals surface area contributed by atoms with Gasteiger partial charge in [-0.3, -0.25) is 4.68 Å². The molecular formula is C13H13ClF3N3. The molecular weight excluding hydrogens is 291 g/mol. The molecule has 20 heavy (non-hydrogen) atoms. The maximum atomic E-state index is 13.8. The van der Waals surface area contributed by atoms with E-state index in [0.717, 1.165) is 12.1 Å². The minimum absolute atomic E-state index is 0.0584. The van der Waals surface area contributed by atoms with Crippen LogP contribution in [-0.4, -0.2) is 9.78 Å². The van der Waals surface area contributed by atoms with Gasteiger partial charge in [-0.2, -0.15) is 5.10 Å². The molecule has 108 valence electrons. The average Bonchev–Trinajstić information content (AvgIpc) is 2.77. The van der Waals surface area contributed by atoms with Crippen LogP contribution in [0.25, 0.3) is 0 Å². The number of hydrogen-bond donors (Lipinski definition) is 1. The lowest BCUT2D eigenvalue weighted by molar-refractivity contribution is 0.434. The number of aromatic nitrogens is 2. The molecule has 0 fully saturated rings. The fourth-order valence-electron chi connectivity index (χ4n) is 1.98. The molecule has 0 saturated heterocycles.